The minimum Gasteiger partial charge on any atom is -0.389 e. The van der Waals surface area contributed by atoms with Gasteiger partial charge in [0.2, 0.25) is 0 Å². The highest BCUT2D eigenvalue weighted by Crippen LogP contribution is 2.32. The average molecular weight is 276 g/mol. The molecule has 1 atom stereocenters. The lowest BCUT2D eigenvalue weighted by molar-refractivity contribution is 0.191. The van der Waals surface area contributed by atoms with Crippen LogP contribution in [0.15, 0.2) is 47.4 Å². The van der Waals surface area contributed by atoms with Crippen molar-refractivity contribution >= 4 is 11.8 Å². The number of hydrogen-bond acceptors (Lipinski definition) is 2. The maximum absolute atomic E-state index is 13.7. The predicted octanol–water partition coefficient (Wildman–Crippen LogP) is 4.48. The lowest BCUT2D eigenvalue weighted by Gasteiger charge is -2.13. The Morgan fingerprint density at radius 1 is 1.16 bits per heavy atom. The number of aliphatic hydroxyl groups excluding tert-OH is 1. The Kier molecular flexibility index (Phi) is 4.61. The Hall–Kier alpha value is -1.32. The van der Waals surface area contributed by atoms with E-state index >= 15 is 0 Å². The third-order valence-corrected chi connectivity index (χ3v) is 4.20. The highest BCUT2D eigenvalue weighted by atomic mass is 32.2. The number of aryl methyl sites for hydroxylation is 1. The second-order valence-corrected chi connectivity index (χ2v) is 5.56. The van der Waals surface area contributed by atoms with Crippen LogP contribution in [0.1, 0.15) is 29.7 Å². The van der Waals surface area contributed by atoms with Gasteiger partial charge >= 0.3 is 0 Å². The number of rotatable bonds is 4. The van der Waals surface area contributed by atoms with Crippen molar-refractivity contribution in [3.63, 3.8) is 0 Å². The summed E-state index contributed by atoms with van der Waals surface area (Å²) >= 11 is 1.56. The van der Waals surface area contributed by atoms with Crippen LogP contribution in [0.3, 0.4) is 0 Å². The molecule has 0 amide bonds. The maximum Gasteiger partial charge on any atom is 0.130 e. The summed E-state index contributed by atoms with van der Waals surface area (Å²) < 4.78 is 13.7. The topological polar surface area (TPSA) is 20.2 Å². The van der Waals surface area contributed by atoms with E-state index in [2.05, 4.69) is 19.1 Å². The zero-order valence-electron chi connectivity index (χ0n) is 11.1. The Labute approximate surface area is 117 Å². The molecule has 0 aliphatic carbocycles. The van der Waals surface area contributed by atoms with Crippen LogP contribution in [0, 0.1) is 12.7 Å². The minimum atomic E-state index is -0.791. The number of halogens is 1. The second-order valence-electron chi connectivity index (χ2n) is 4.54. The lowest BCUT2D eigenvalue weighted by Crippen LogP contribution is -1.98. The fourth-order valence-electron chi connectivity index (χ4n) is 1.98. The molecule has 2 rings (SSSR count). The summed E-state index contributed by atoms with van der Waals surface area (Å²) in [5, 5.41) is 9.68. The number of aliphatic hydroxyl groups is 1. The predicted molar refractivity (Wildman–Crippen MR) is 77.8 cm³/mol. The molecule has 0 heterocycles. The highest BCUT2D eigenvalue weighted by Gasteiger charge is 2.13. The van der Waals surface area contributed by atoms with Gasteiger partial charge in [-0.2, -0.15) is 0 Å². The first-order chi connectivity index (χ1) is 9.09. The summed E-state index contributed by atoms with van der Waals surface area (Å²) in [5.74, 6) is 0.431. The van der Waals surface area contributed by atoms with Gasteiger partial charge in [-0.25, -0.2) is 4.39 Å². The molecule has 0 aliphatic heterocycles. The molecule has 0 spiro atoms. The van der Waals surface area contributed by atoms with Crippen LogP contribution in [0.4, 0.5) is 4.39 Å². The van der Waals surface area contributed by atoms with Crippen LogP contribution in [-0.2, 0) is 5.75 Å². The zero-order valence-corrected chi connectivity index (χ0v) is 11.9. The van der Waals surface area contributed by atoms with Crippen molar-refractivity contribution in [2.24, 2.45) is 0 Å². The Balaban J connectivity index is 2.21. The SMILES string of the molecule is Cc1ccccc1CSc1cccc(F)c1C(C)O. The molecule has 2 aromatic carbocycles. The molecule has 1 unspecified atom stereocenters. The van der Waals surface area contributed by atoms with E-state index in [0.717, 1.165) is 10.6 Å². The largest absolute Gasteiger partial charge is 0.389 e. The Bertz CT molecular complexity index is 566. The average Bonchev–Trinajstić information content (AvgIpc) is 2.37. The molecule has 2 aromatic rings. The van der Waals surface area contributed by atoms with E-state index in [9.17, 15) is 9.50 Å². The molecule has 0 aliphatic rings. The van der Waals surface area contributed by atoms with Gasteiger partial charge in [-0.05, 0) is 37.1 Å². The quantitative estimate of drug-likeness (QED) is 0.831. The summed E-state index contributed by atoms with van der Waals surface area (Å²) in [6, 6.07) is 13.1. The Morgan fingerprint density at radius 2 is 1.89 bits per heavy atom. The van der Waals surface area contributed by atoms with Crippen LogP contribution in [0.5, 0.6) is 0 Å². The molecular formula is C16H17FOS. The van der Waals surface area contributed by atoms with Crippen LogP contribution >= 0.6 is 11.8 Å². The first-order valence-corrected chi connectivity index (χ1v) is 7.22. The standard InChI is InChI=1S/C16H17FOS/c1-11-6-3-4-7-13(11)10-19-15-9-5-8-14(17)16(15)12(2)18/h3-9,12,18H,10H2,1-2H3. The van der Waals surface area contributed by atoms with Gasteiger partial charge in [0, 0.05) is 16.2 Å². The molecule has 1 nitrogen and oxygen atoms in total. The van der Waals surface area contributed by atoms with Gasteiger partial charge in [0.15, 0.2) is 0 Å². The molecule has 3 heteroatoms. The number of thioether (sulfide) groups is 1. The van der Waals surface area contributed by atoms with Gasteiger partial charge in [-0.1, -0.05) is 30.3 Å². The highest BCUT2D eigenvalue weighted by molar-refractivity contribution is 7.98. The van der Waals surface area contributed by atoms with Crippen molar-refractivity contribution in [1.29, 1.82) is 0 Å². The Morgan fingerprint density at radius 3 is 2.58 bits per heavy atom. The molecule has 0 aromatic heterocycles. The van der Waals surface area contributed by atoms with E-state index in [1.807, 2.05) is 18.2 Å². The first-order valence-electron chi connectivity index (χ1n) is 6.23. The molecule has 0 saturated heterocycles. The van der Waals surface area contributed by atoms with Crippen molar-refractivity contribution in [3.05, 3.63) is 65.0 Å². The third kappa shape index (κ3) is 3.37. The van der Waals surface area contributed by atoms with Crippen LogP contribution in [0.25, 0.3) is 0 Å². The lowest BCUT2D eigenvalue weighted by atomic mass is 10.1. The van der Waals surface area contributed by atoms with E-state index in [-0.39, 0.29) is 5.82 Å². The molecule has 0 fully saturated rings. The molecule has 1 N–H and O–H groups in total. The monoisotopic (exact) mass is 276 g/mol. The fourth-order valence-corrected chi connectivity index (χ4v) is 3.21. The summed E-state index contributed by atoms with van der Waals surface area (Å²) in [4.78, 5) is 0.804. The van der Waals surface area contributed by atoms with Crippen molar-refractivity contribution in [1.82, 2.24) is 0 Å². The molecule has 0 saturated carbocycles. The minimum absolute atomic E-state index is 0.343. The molecule has 19 heavy (non-hydrogen) atoms. The summed E-state index contributed by atoms with van der Waals surface area (Å²) in [5.41, 5.74) is 2.85. The van der Waals surface area contributed by atoms with Gasteiger partial charge in [0.25, 0.3) is 0 Å². The van der Waals surface area contributed by atoms with Gasteiger partial charge in [0.05, 0.1) is 6.10 Å². The number of benzene rings is 2. The van der Waals surface area contributed by atoms with Crippen LogP contribution in [0.2, 0.25) is 0 Å². The van der Waals surface area contributed by atoms with Crippen molar-refractivity contribution < 1.29 is 9.50 Å². The van der Waals surface area contributed by atoms with E-state index in [1.165, 1.54) is 17.2 Å². The molecule has 0 bridgehead atoms. The fraction of sp³-hybridized carbons (Fsp3) is 0.250. The van der Waals surface area contributed by atoms with Crippen molar-refractivity contribution in [2.75, 3.05) is 0 Å². The van der Waals surface area contributed by atoms with E-state index in [0.29, 0.717) is 5.56 Å². The maximum atomic E-state index is 13.7. The number of hydrogen-bond donors (Lipinski definition) is 1. The molecular weight excluding hydrogens is 259 g/mol. The van der Waals surface area contributed by atoms with Crippen LogP contribution in [-0.4, -0.2) is 5.11 Å². The summed E-state index contributed by atoms with van der Waals surface area (Å²) in [7, 11) is 0. The van der Waals surface area contributed by atoms with Crippen LogP contribution < -0.4 is 0 Å². The van der Waals surface area contributed by atoms with Gasteiger partial charge in [0.1, 0.15) is 5.82 Å². The van der Waals surface area contributed by atoms with E-state index in [4.69, 9.17) is 0 Å². The zero-order chi connectivity index (χ0) is 13.8. The smallest absolute Gasteiger partial charge is 0.130 e. The summed E-state index contributed by atoms with van der Waals surface area (Å²) in [6.45, 7) is 3.66. The van der Waals surface area contributed by atoms with Crippen molar-refractivity contribution in [2.45, 2.75) is 30.6 Å². The van der Waals surface area contributed by atoms with Gasteiger partial charge in [-0.15, -0.1) is 11.8 Å². The van der Waals surface area contributed by atoms with E-state index < -0.39 is 6.10 Å². The summed E-state index contributed by atoms with van der Waals surface area (Å²) in [6.07, 6.45) is -0.791. The van der Waals surface area contributed by atoms with Gasteiger partial charge in [-0.3, -0.25) is 0 Å². The molecule has 0 radical (unpaired) electrons. The third-order valence-electron chi connectivity index (χ3n) is 3.08. The molecule has 100 valence electrons. The first kappa shape index (κ1) is 14.1. The van der Waals surface area contributed by atoms with Gasteiger partial charge < -0.3 is 5.11 Å². The van der Waals surface area contributed by atoms with Crippen molar-refractivity contribution in [3.8, 4) is 0 Å². The normalized spacial score (nSPS) is 12.4. The van der Waals surface area contributed by atoms with E-state index in [1.54, 1.807) is 24.8 Å². The second kappa shape index (κ2) is 6.22.